The van der Waals surface area contributed by atoms with Crippen LogP contribution in [0.5, 0.6) is 5.75 Å². The quantitative estimate of drug-likeness (QED) is 0.406. The third-order valence-corrected chi connectivity index (χ3v) is 4.76. The molecule has 0 atom stereocenters. The molecule has 0 spiro atoms. The van der Waals surface area contributed by atoms with Gasteiger partial charge < -0.3 is 10.1 Å². The number of non-ortho nitro benzene ring substituents is 1. The van der Waals surface area contributed by atoms with Crippen molar-refractivity contribution in [1.82, 2.24) is 0 Å². The molecule has 0 unspecified atom stereocenters. The number of nitrogens with zero attached hydrogens (tertiary/aromatic N) is 1. The zero-order valence-corrected chi connectivity index (χ0v) is 15.4. The summed E-state index contributed by atoms with van der Waals surface area (Å²) < 4.78 is 5.13. The van der Waals surface area contributed by atoms with E-state index < -0.39 is 4.92 Å². The smallest absolute Gasteiger partial charge is 0.272 e. The Kier molecular flexibility index (Phi) is 5.65. The summed E-state index contributed by atoms with van der Waals surface area (Å²) >= 11 is 7.34. The Balaban J connectivity index is 1.87. The molecule has 0 bridgehead atoms. The Morgan fingerprint density at radius 3 is 2.27 bits per heavy atom. The second-order valence-electron chi connectivity index (χ2n) is 5.38. The number of nitro benzene ring substituents is 1. The second kappa shape index (κ2) is 8.12. The maximum absolute atomic E-state index is 11.3. The van der Waals surface area contributed by atoms with Gasteiger partial charge in [-0.05, 0) is 54.6 Å². The van der Waals surface area contributed by atoms with Crippen LogP contribution in [0.1, 0.15) is 0 Å². The Morgan fingerprint density at radius 2 is 1.65 bits per heavy atom. The van der Waals surface area contributed by atoms with Gasteiger partial charge in [-0.2, -0.15) is 0 Å². The van der Waals surface area contributed by atoms with Gasteiger partial charge in [0.05, 0.1) is 12.0 Å². The molecule has 0 fully saturated rings. The van der Waals surface area contributed by atoms with Crippen molar-refractivity contribution in [2.24, 2.45) is 0 Å². The standard InChI is InChI=1S/C19H15ClN2O3S/c1-25-17-6-4-14(5-7-17)21-15-10-16(22(23)24)12-19(11-15)26-18-8-2-13(20)3-9-18/h2-12,21H,1H3. The minimum atomic E-state index is -0.398. The van der Waals surface area contributed by atoms with Crippen molar-refractivity contribution in [3.63, 3.8) is 0 Å². The number of benzene rings is 3. The average Bonchev–Trinajstić information content (AvgIpc) is 2.64. The molecule has 132 valence electrons. The van der Waals surface area contributed by atoms with Crippen LogP contribution in [-0.4, -0.2) is 12.0 Å². The zero-order valence-electron chi connectivity index (χ0n) is 13.8. The third kappa shape index (κ3) is 4.68. The number of nitrogens with one attached hydrogen (secondary N) is 1. The van der Waals surface area contributed by atoms with E-state index in [2.05, 4.69) is 5.32 Å². The van der Waals surface area contributed by atoms with Gasteiger partial charge in [0.1, 0.15) is 5.75 Å². The molecule has 1 N–H and O–H groups in total. The Labute approximate surface area is 160 Å². The van der Waals surface area contributed by atoms with Gasteiger partial charge in [0, 0.05) is 38.3 Å². The monoisotopic (exact) mass is 386 g/mol. The number of methoxy groups -OCH3 is 1. The maximum atomic E-state index is 11.3. The highest BCUT2D eigenvalue weighted by Gasteiger charge is 2.11. The number of anilines is 2. The first-order chi connectivity index (χ1) is 12.5. The first-order valence-corrected chi connectivity index (χ1v) is 8.87. The van der Waals surface area contributed by atoms with Gasteiger partial charge >= 0.3 is 0 Å². The van der Waals surface area contributed by atoms with Gasteiger partial charge in [0.2, 0.25) is 0 Å². The molecule has 3 aromatic carbocycles. The molecular formula is C19H15ClN2O3S. The Morgan fingerprint density at radius 1 is 0.962 bits per heavy atom. The Bertz CT molecular complexity index is 915. The SMILES string of the molecule is COc1ccc(Nc2cc(Sc3ccc(Cl)cc3)cc([N+](=O)[O-])c2)cc1. The van der Waals surface area contributed by atoms with Gasteiger partial charge in [0.25, 0.3) is 5.69 Å². The van der Waals surface area contributed by atoms with Crippen molar-refractivity contribution in [1.29, 1.82) is 0 Å². The number of ether oxygens (including phenoxy) is 1. The van der Waals surface area contributed by atoms with E-state index in [-0.39, 0.29) is 5.69 Å². The van der Waals surface area contributed by atoms with Crippen molar-refractivity contribution in [2.45, 2.75) is 9.79 Å². The molecule has 7 heteroatoms. The lowest BCUT2D eigenvalue weighted by atomic mass is 10.2. The first kappa shape index (κ1) is 18.1. The minimum absolute atomic E-state index is 0.0278. The van der Waals surface area contributed by atoms with Gasteiger partial charge in [0.15, 0.2) is 0 Å². The molecule has 0 aliphatic carbocycles. The van der Waals surface area contributed by atoms with Crippen molar-refractivity contribution < 1.29 is 9.66 Å². The van der Waals surface area contributed by atoms with Crippen LogP contribution in [0.3, 0.4) is 0 Å². The number of nitro groups is 1. The highest BCUT2D eigenvalue weighted by molar-refractivity contribution is 7.99. The summed E-state index contributed by atoms with van der Waals surface area (Å²) in [6.45, 7) is 0. The van der Waals surface area contributed by atoms with Gasteiger partial charge in [-0.3, -0.25) is 10.1 Å². The molecule has 5 nitrogen and oxygen atoms in total. The van der Waals surface area contributed by atoms with Crippen LogP contribution >= 0.6 is 23.4 Å². The summed E-state index contributed by atoms with van der Waals surface area (Å²) in [7, 11) is 1.60. The lowest BCUT2D eigenvalue weighted by molar-refractivity contribution is -0.385. The van der Waals surface area contributed by atoms with E-state index in [4.69, 9.17) is 16.3 Å². The number of hydrogen-bond acceptors (Lipinski definition) is 5. The van der Waals surface area contributed by atoms with E-state index in [0.29, 0.717) is 10.7 Å². The van der Waals surface area contributed by atoms with Crippen LogP contribution in [0.2, 0.25) is 5.02 Å². The molecule has 0 aliphatic heterocycles. The summed E-state index contributed by atoms with van der Waals surface area (Å²) in [5, 5.41) is 15.1. The lowest BCUT2D eigenvalue weighted by Crippen LogP contribution is -1.94. The molecule has 0 saturated heterocycles. The van der Waals surface area contributed by atoms with Crippen LogP contribution in [0.4, 0.5) is 17.1 Å². The lowest BCUT2D eigenvalue weighted by Gasteiger charge is -2.10. The van der Waals surface area contributed by atoms with E-state index >= 15 is 0 Å². The molecular weight excluding hydrogens is 372 g/mol. The summed E-state index contributed by atoms with van der Waals surface area (Å²) in [5.41, 5.74) is 1.48. The summed E-state index contributed by atoms with van der Waals surface area (Å²) in [4.78, 5) is 12.6. The average molecular weight is 387 g/mol. The van der Waals surface area contributed by atoms with E-state index in [1.165, 1.54) is 17.8 Å². The second-order valence-corrected chi connectivity index (χ2v) is 6.97. The van der Waals surface area contributed by atoms with Crippen LogP contribution in [0.25, 0.3) is 0 Å². The van der Waals surface area contributed by atoms with Crippen molar-refractivity contribution in [3.05, 3.63) is 81.9 Å². The van der Waals surface area contributed by atoms with Crippen LogP contribution in [0.15, 0.2) is 76.5 Å². The van der Waals surface area contributed by atoms with Crippen LogP contribution in [0, 0.1) is 10.1 Å². The fourth-order valence-corrected chi connectivity index (χ4v) is 3.34. The summed E-state index contributed by atoms with van der Waals surface area (Å²) in [6.07, 6.45) is 0. The summed E-state index contributed by atoms with van der Waals surface area (Å²) in [5.74, 6) is 0.744. The van der Waals surface area contributed by atoms with Crippen LogP contribution < -0.4 is 10.1 Å². The van der Waals surface area contributed by atoms with Crippen LogP contribution in [-0.2, 0) is 0 Å². The molecule has 0 aromatic heterocycles. The zero-order chi connectivity index (χ0) is 18.5. The predicted octanol–water partition coefficient (Wildman–Crippen LogP) is 6.15. The highest BCUT2D eigenvalue weighted by atomic mass is 35.5. The fourth-order valence-electron chi connectivity index (χ4n) is 2.30. The topological polar surface area (TPSA) is 64.4 Å². The van der Waals surface area contributed by atoms with Gasteiger partial charge in [-0.25, -0.2) is 0 Å². The van der Waals surface area contributed by atoms with Gasteiger partial charge in [-0.1, -0.05) is 23.4 Å². The molecule has 0 aliphatic rings. The number of hydrogen-bond donors (Lipinski definition) is 1. The fraction of sp³-hybridized carbons (Fsp3) is 0.0526. The molecule has 0 amide bonds. The van der Waals surface area contributed by atoms with E-state index in [9.17, 15) is 10.1 Å². The molecule has 0 radical (unpaired) electrons. The minimum Gasteiger partial charge on any atom is -0.497 e. The molecule has 0 saturated carbocycles. The summed E-state index contributed by atoms with van der Waals surface area (Å²) in [6, 6.07) is 19.6. The molecule has 26 heavy (non-hydrogen) atoms. The van der Waals surface area contributed by atoms with Crippen molar-refractivity contribution in [2.75, 3.05) is 12.4 Å². The number of halogens is 1. The highest BCUT2D eigenvalue weighted by Crippen LogP contribution is 2.34. The predicted molar refractivity (Wildman–Crippen MR) is 105 cm³/mol. The first-order valence-electron chi connectivity index (χ1n) is 7.67. The van der Waals surface area contributed by atoms with Crippen molar-refractivity contribution in [3.8, 4) is 5.75 Å². The molecule has 3 aromatic rings. The molecule has 0 heterocycles. The van der Waals surface area contributed by atoms with E-state index in [1.807, 2.05) is 42.5 Å². The largest absolute Gasteiger partial charge is 0.497 e. The molecule has 3 rings (SSSR count). The normalized spacial score (nSPS) is 10.4. The van der Waals surface area contributed by atoms with E-state index in [0.717, 1.165) is 21.2 Å². The van der Waals surface area contributed by atoms with Gasteiger partial charge in [-0.15, -0.1) is 0 Å². The number of rotatable bonds is 6. The maximum Gasteiger partial charge on any atom is 0.272 e. The van der Waals surface area contributed by atoms with Crippen molar-refractivity contribution >= 4 is 40.4 Å². The third-order valence-electron chi connectivity index (χ3n) is 3.53. The van der Waals surface area contributed by atoms with E-state index in [1.54, 1.807) is 25.3 Å². The Hall–Kier alpha value is -2.70.